The van der Waals surface area contributed by atoms with Crippen molar-refractivity contribution < 1.29 is 0 Å². The topological polar surface area (TPSA) is 50.5 Å². The Morgan fingerprint density at radius 1 is 0.500 bits per heavy atom. The van der Waals surface area contributed by atoms with Crippen molar-refractivity contribution in [2.24, 2.45) is 9.98 Å². The zero-order valence-corrected chi connectivity index (χ0v) is 26.9. The van der Waals surface area contributed by atoms with Crippen LogP contribution in [-0.4, -0.2) is 42.6 Å². The third-order valence-corrected chi connectivity index (χ3v) is 11.3. The Morgan fingerprint density at radius 2 is 0.909 bits per heavy atom. The molecule has 0 atom stereocenters. The molecule has 4 aromatic carbocycles. The summed E-state index contributed by atoms with van der Waals surface area (Å²) in [6.07, 6.45) is 4.03. The molecule has 8 rings (SSSR count). The Labute approximate surface area is 266 Å². The summed E-state index contributed by atoms with van der Waals surface area (Å²) >= 11 is 3.58. The molecule has 2 aliphatic rings. The van der Waals surface area contributed by atoms with Crippen molar-refractivity contribution in [3.8, 4) is 22.3 Å². The molecule has 0 N–H and O–H groups in total. The standard InChI is InChI=1S/C38H32N4S2/c1-37(2)21-43-35(41-37)31-17-13-23(19-39-31)25-15-16-26(24-14-18-32(40-20-24)36-42-38(3,4)22-44-36)34-30-12-8-6-10-28(30)27-9-5-7-11-29(27)33(25)34/h5-20H,21-22H2,1-4H3. The van der Waals surface area contributed by atoms with Gasteiger partial charge in [0.1, 0.15) is 10.1 Å². The fourth-order valence-corrected chi connectivity index (χ4v) is 8.58. The van der Waals surface area contributed by atoms with Crippen molar-refractivity contribution in [2.45, 2.75) is 38.8 Å². The Morgan fingerprint density at radius 3 is 1.25 bits per heavy atom. The van der Waals surface area contributed by atoms with E-state index in [1.807, 2.05) is 12.4 Å². The molecule has 0 saturated carbocycles. The smallest absolute Gasteiger partial charge is 0.117 e. The Balaban J connectivity index is 1.34. The van der Waals surface area contributed by atoms with Crippen LogP contribution in [0.2, 0.25) is 0 Å². The minimum atomic E-state index is -0.0423. The fourth-order valence-electron chi connectivity index (χ4n) is 6.31. The summed E-state index contributed by atoms with van der Waals surface area (Å²) in [5, 5.41) is 9.52. The molecule has 0 amide bonds. The molecule has 6 aromatic rings. The molecule has 0 fully saturated rings. The van der Waals surface area contributed by atoms with Crippen LogP contribution >= 0.6 is 23.5 Å². The third kappa shape index (κ3) is 4.72. The second-order valence-electron chi connectivity index (χ2n) is 12.9. The molecule has 0 bridgehead atoms. The van der Waals surface area contributed by atoms with E-state index in [2.05, 4.69) is 113 Å². The summed E-state index contributed by atoms with van der Waals surface area (Å²) in [6, 6.07) is 30.7. The lowest BCUT2D eigenvalue weighted by Gasteiger charge is -2.18. The predicted molar refractivity (Wildman–Crippen MR) is 192 cm³/mol. The Hall–Kier alpha value is -4.00. The van der Waals surface area contributed by atoms with E-state index in [9.17, 15) is 0 Å². The third-order valence-electron chi connectivity index (χ3n) is 8.41. The highest BCUT2D eigenvalue weighted by Crippen LogP contribution is 2.44. The number of aromatic nitrogens is 2. The molecule has 4 nitrogen and oxygen atoms in total. The average molecular weight is 609 g/mol. The number of thioether (sulfide) groups is 2. The lowest BCUT2D eigenvalue weighted by atomic mass is 9.86. The first-order valence-electron chi connectivity index (χ1n) is 15.0. The van der Waals surface area contributed by atoms with Gasteiger partial charge < -0.3 is 0 Å². The van der Waals surface area contributed by atoms with Gasteiger partial charge in [-0.1, -0.05) is 72.8 Å². The zero-order chi connectivity index (χ0) is 30.1. The highest BCUT2D eigenvalue weighted by atomic mass is 32.2. The first-order chi connectivity index (χ1) is 21.3. The Bertz CT molecular complexity index is 2010. The van der Waals surface area contributed by atoms with E-state index < -0.39 is 0 Å². The maximum absolute atomic E-state index is 4.92. The highest BCUT2D eigenvalue weighted by Gasteiger charge is 2.28. The van der Waals surface area contributed by atoms with Gasteiger partial charge >= 0.3 is 0 Å². The maximum Gasteiger partial charge on any atom is 0.117 e. The van der Waals surface area contributed by atoms with Crippen molar-refractivity contribution in [3.63, 3.8) is 0 Å². The summed E-state index contributed by atoms with van der Waals surface area (Å²) in [5.74, 6) is 1.97. The summed E-state index contributed by atoms with van der Waals surface area (Å²) in [5.41, 5.74) is 6.35. The first kappa shape index (κ1) is 27.5. The van der Waals surface area contributed by atoms with Crippen LogP contribution in [0.1, 0.15) is 39.1 Å². The number of hydrogen-bond acceptors (Lipinski definition) is 6. The lowest BCUT2D eigenvalue weighted by Crippen LogP contribution is -2.15. The molecule has 0 spiro atoms. The largest absolute Gasteiger partial charge is 0.269 e. The maximum atomic E-state index is 4.92. The van der Waals surface area contributed by atoms with E-state index in [-0.39, 0.29) is 11.1 Å². The van der Waals surface area contributed by atoms with Crippen molar-refractivity contribution in [1.29, 1.82) is 0 Å². The van der Waals surface area contributed by atoms with Crippen molar-refractivity contribution in [3.05, 3.63) is 109 Å². The number of fused-ring (bicyclic) bond motifs is 6. The van der Waals surface area contributed by atoms with E-state index in [1.54, 1.807) is 23.5 Å². The second kappa shape index (κ2) is 10.3. The van der Waals surface area contributed by atoms with E-state index in [1.165, 1.54) is 43.4 Å². The summed E-state index contributed by atoms with van der Waals surface area (Å²) in [7, 11) is 0. The van der Waals surface area contributed by atoms with E-state index in [4.69, 9.17) is 20.0 Å². The average Bonchev–Trinajstić information content (AvgIpc) is 3.61. The monoisotopic (exact) mass is 608 g/mol. The number of nitrogens with zero attached hydrogens (tertiary/aromatic N) is 4. The normalized spacial score (nSPS) is 17.4. The predicted octanol–water partition coefficient (Wildman–Crippen LogP) is 9.81. The van der Waals surface area contributed by atoms with Crippen LogP contribution in [0, 0.1) is 0 Å². The van der Waals surface area contributed by atoms with E-state index in [0.29, 0.717) is 0 Å². The van der Waals surface area contributed by atoms with Crippen LogP contribution in [0.15, 0.2) is 107 Å². The zero-order valence-electron chi connectivity index (χ0n) is 25.3. The molecule has 0 saturated heterocycles. The van der Waals surface area contributed by atoms with Gasteiger partial charge in [-0.05, 0) is 83.3 Å². The van der Waals surface area contributed by atoms with Crippen molar-refractivity contribution in [1.82, 2.24) is 9.97 Å². The molecule has 0 radical (unpaired) electrons. The summed E-state index contributed by atoms with van der Waals surface area (Å²) < 4.78 is 0. The molecule has 4 heterocycles. The van der Waals surface area contributed by atoms with Crippen LogP contribution in [0.25, 0.3) is 54.6 Å². The van der Waals surface area contributed by atoms with Crippen LogP contribution in [0.3, 0.4) is 0 Å². The number of pyridine rings is 2. The van der Waals surface area contributed by atoms with Gasteiger partial charge in [0.25, 0.3) is 0 Å². The number of hydrogen-bond donors (Lipinski definition) is 0. The van der Waals surface area contributed by atoms with Gasteiger partial charge in [-0.3, -0.25) is 20.0 Å². The molecule has 2 aromatic heterocycles. The summed E-state index contributed by atoms with van der Waals surface area (Å²) in [4.78, 5) is 19.6. The van der Waals surface area contributed by atoms with Crippen LogP contribution in [0.5, 0.6) is 0 Å². The molecule has 216 valence electrons. The minimum absolute atomic E-state index is 0.0423. The second-order valence-corrected chi connectivity index (χ2v) is 14.8. The van der Waals surface area contributed by atoms with Gasteiger partial charge in [-0.15, -0.1) is 23.5 Å². The van der Waals surface area contributed by atoms with Crippen LogP contribution < -0.4 is 0 Å². The number of rotatable bonds is 4. The van der Waals surface area contributed by atoms with Crippen molar-refractivity contribution in [2.75, 3.05) is 11.5 Å². The number of aliphatic imine (C=N–C) groups is 2. The first-order valence-corrected chi connectivity index (χ1v) is 17.0. The van der Waals surface area contributed by atoms with Gasteiger partial charge in [0, 0.05) is 35.0 Å². The van der Waals surface area contributed by atoms with E-state index in [0.717, 1.165) is 44.1 Å². The molecule has 0 unspecified atom stereocenters. The molecule has 2 aliphatic heterocycles. The van der Waals surface area contributed by atoms with Gasteiger partial charge in [0.15, 0.2) is 0 Å². The van der Waals surface area contributed by atoms with E-state index >= 15 is 0 Å². The lowest BCUT2D eigenvalue weighted by molar-refractivity contribution is 0.604. The van der Waals surface area contributed by atoms with Gasteiger partial charge in [0.2, 0.25) is 0 Å². The molecule has 44 heavy (non-hydrogen) atoms. The quantitative estimate of drug-likeness (QED) is 0.187. The van der Waals surface area contributed by atoms with Gasteiger partial charge in [-0.2, -0.15) is 0 Å². The molecule has 0 aliphatic carbocycles. The fraction of sp³-hybridized carbons (Fsp3) is 0.211. The van der Waals surface area contributed by atoms with Crippen molar-refractivity contribution >= 4 is 65.9 Å². The highest BCUT2D eigenvalue weighted by molar-refractivity contribution is 8.15. The van der Waals surface area contributed by atoms with Gasteiger partial charge in [-0.25, -0.2) is 0 Å². The van der Waals surface area contributed by atoms with Crippen LogP contribution in [0.4, 0.5) is 0 Å². The molecular weight excluding hydrogens is 577 g/mol. The molecular formula is C38H32N4S2. The molecule has 6 heteroatoms. The number of benzene rings is 4. The minimum Gasteiger partial charge on any atom is -0.269 e. The Kier molecular flexibility index (Phi) is 6.44. The SMILES string of the molecule is CC1(C)CSC(c2ccc(-c3ccc(-c4ccc(C5=NC(C)(C)CS5)nc4)c4c5ccccc5c5ccccc5c34)cn2)=N1. The summed E-state index contributed by atoms with van der Waals surface area (Å²) in [6.45, 7) is 8.71. The van der Waals surface area contributed by atoms with Gasteiger partial charge in [0.05, 0.1) is 22.5 Å². The van der Waals surface area contributed by atoms with Crippen LogP contribution in [-0.2, 0) is 0 Å².